The molecule has 8 rings (SSSR count). The molecule has 4 aliphatic rings. The molecule has 228 valence electrons. The van der Waals surface area contributed by atoms with Crippen LogP contribution in [0.4, 0.5) is 11.4 Å². The Kier molecular flexibility index (Phi) is 7.03. The molecular formula is C34H28BrN3O5S2. The number of aryl methyl sites for hydroxylation is 1. The summed E-state index contributed by atoms with van der Waals surface area (Å²) in [6.45, 7) is 1.86. The van der Waals surface area contributed by atoms with Gasteiger partial charge in [-0.25, -0.2) is 0 Å². The van der Waals surface area contributed by atoms with Crippen molar-refractivity contribution >= 4 is 68.1 Å². The maximum atomic E-state index is 13.9. The number of imide groups is 1. The van der Waals surface area contributed by atoms with E-state index >= 15 is 0 Å². The molecule has 2 aliphatic heterocycles. The first kappa shape index (κ1) is 28.8. The minimum Gasteiger partial charge on any atom is -0.484 e. The number of carbonyl (C=O) groups excluding carboxylic acids is 3. The van der Waals surface area contributed by atoms with E-state index in [1.54, 1.807) is 11.8 Å². The third-order valence-electron chi connectivity index (χ3n) is 9.75. The normalized spacial score (nSPS) is 27.7. The predicted octanol–water partition coefficient (Wildman–Crippen LogP) is 6.20. The molecule has 2 saturated carbocycles. The Balaban J connectivity index is 1.05. The molecule has 3 amide bonds. The number of hydrogen-bond acceptors (Lipinski definition) is 7. The molecule has 0 spiro atoms. The molecule has 2 N–H and O–H groups in total. The maximum Gasteiger partial charge on any atom is 0.305 e. The van der Waals surface area contributed by atoms with Crippen LogP contribution < -0.4 is 19.8 Å². The monoisotopic (exact) mass is 701 g/mol. The number of hydrogen-bond donors (Lipinski definition) is 2. The lowest BCUT2D eigenvalue weighted by Gasteiger charge is -2.43. The molecule has 4 unspecified atom stereocenters. The topological polar surface area (TPSA) is 109 Å². The van der Waals surface area contributed by atoms with Crippen molar-refractivity contribution in [3.63, 3.8) is 0 Å². The fraction of sp³-hybridized carbons (Fsp3) is 0.294. The number of nitrogens with zero attached hydrogens (tertiary/aromatic N) is 1. The van der Waals surface area contributed by atoms with Crippen molar-refractivity contribution in [1.82, 2.24) is 4.98 Å². The van der Waals surface area contributed by atoms with Gasteiger partial charge in [-0.05, 0) is 85.2 Å². The third kappa shape index (κ3) is 4.78. The number of benzene rings is 3. The second-order valence-electron chi connectivity index (χ2n) is 12.2. The van der Waals surface area contributed by atoms with Crippen molar-refractivity contribution < 1.29 is 19.1 Å². The van der Waals surface area contributed by atoms with Crippen molar-refractivity contribution in [3.8, 4) is 5.75 Å². The van der Waals surface area contributed by atoms with E-state index in [2.05, 4.69) is 26.2 Å². The Hall–Kier alpha value is -3.67. The number of ether oxygens (including phenoxy) is 1. The van der Waals surface area contributed by atoms with Crippen LogP contribution in [0.15, 0.2) is 87.1 Å². The van der Waals surface area contributed by atoms with Gasteiger partial charge in [-0.2, -0.15) is 0 Å². The van der Waals surface area contributed by atoms with Gasteiger partial charge < -0.3 is 15.0 Å². The van der Waals surface area contributed by atoms with Gasteiger partial charge in [-0.1, -0.05) is 57.1 Å². The second-order valence-corrected chi connectivity index (χ2v) is 15.3. The molecule has 7 atom stereocenters. The van der Waals surface area contributed by atoms with Gasteiger partial charge in [0, 0.05) is 26.2 Å². The number of halogens is 1. The van der Waals surface area contributed by atoms with Gasteiger partial charge in [-0.15, -0.1) is 11.8 Å². The molecule has 2 aliphatic carbocycles. The highest BCUT2D eigenvalue weighted by Crippen LogP contribution is 2.68. The van der Waals surface area contributed by atoms with Crippen molar-refractivity contribution in [2.24, 2.45) is 29.6 Å². The van der Waals surface area contributed by atoms with Gasteiger partial charge in [-0.3, -0.25) is 24.1 Å². The molecule has 8 nitrogen and oxygen atoms in total. The summed E-state index contributed by atoms with van der Waals surface area (Å²) in [5.74, 6) is -0.485. The first-order valence-corrected chi connectivity index (χ1v) is 17.4. The van der Waals surface area contributed by atoms with Gasteiger partial charge in [0.05, 0.1) is 22.5 Å². The molecule has 0 radical (unpaired) electrons. The van der Waals surface area contributed by atoms with Crippen LogP contribution in [0.2, 0.25) is 0 Å². The van der Waals surface area contributed by atoms with E-state index in [9.17, 15) is 19.2 Å². The third-order valence-corrected chi connectivity index (χ3v) is 12.9. The Labute approximate surface area is 275 Å². The molecule has 1 aromatic heterocycles. The van der Waals surface area contributed by atoms with E-state index < -0.39 is 0 Å². The molecule has 3 aromatic carbocycles. The van der Waals surface area contributed by atoms with Crippen LogP contribution in [0.25, 0.3) is 0 Å². The predicted molar refractivity (Wildman–Crippen MR) is 177 cm³/mol. The highest BCUT2D eigenvalue weighted by Gasteiger charge is 2.69. The van der Waals surface area contributed by atoms with E-state index in [0.29, 0.717) is 17.1 Å². The number of aromatic amines is 1. The van der Waals surface area contributed by atoms with Crippen LogP contribution in [0.1, 0.15) is 28.3 Å². The van der Waals surface area contributed by atoms with Crippen LogP contribution in [0.5, 0.6) is 5.75 Å². The largest absolute Gasteiger partial charge is 0.484 e. The Bertz CT molecular complexity index is 1890. The van der Waals surface area contributed by atoms with Gasteiger partial charge in [0.25, 0.3) is 5.91 Å². The molecule has 3 heterocycles. The SMILES string of the molecule is Cc1ccc(NC(=O)COc2ccc([C@H]3c4sc(=O)[nH]c4SC4C3[C@H]3C[C@@H]4C4C(=O)N(c5ccc(Br)cc5)C(=O)C43)cc2)cc1. The van der Waals surface area contributed by atoms with Gasteiger partial charge >= 0.3 is 4.87 Å². The zero-order valence-electron chi connectivity index (χ0n) is 24.1. The summed E-state index contributed by atoms with van der Waals surface area (Å²) in [6.07, 6.45) is 0.830. The lowest BCUT2D eigenvalue weighted by Crippen LogP contribution is -2.42. The Morgan fingerprint density at radius 3 is 2.36 bits per heavy atom. The molecule has 11 heteroatoms. The van der Waals surface area contributed by atoms with E-state index in [0.717, 1.165) is 31.9 Å². The van der Waals surface area contributed by atoms with E-state index in [1.807, 2.05) is 79.7 Å². The molecule has 3 fully saturated rings. The average molecular weight is 703 g/mol. The summed E-state index contributed by atoms with van der Waals surface area (Å²) < 4.78 is 6.69. The van der Waals surface area contributed by atoms with Crippen LogP contribution in [0.3, 0.4) is 0 Å². The first-order valence-electron chi connectivity index (χ1n) is 14.9. The number of thiazole rings is 1. The summed E-state index contributed by atoms with van der Waals surface area (Å²) in [7, 11) is 0. The molecule has 45 heavy (non-hydrogen) atoms. The number of carbonyl (C=O) groups is 3. The Morgan fingerprint density at radius 2 is 1.64 bits per heavy atom. The summed E-state index contributed by atoms with van der Waals surface area (Å²) in [4.78, 5) is 58.1. The van der Waals surface area contributed by atoms with Crippen LogP contribution >= 0.6 is 39.0 Å². The minimum atomic E-state index is -0.359. The molecule has 1 saturated heterocycles. The lowest BCUT2D eigenvalue weighted by molar-refractivity contribution is -0.123. The minimum absolute atomic E-state index is 0.0335. The standard InChI is InChI=1S/C34H28BrN3O5S2/c1-16-2-8-19(9-3-16)36-24(39)15-43-21-12-4-17(5-13-21)25-26-22-14-23(29(26)44-31-30(25)45-34(42)37-31)28-27(22)32(40)38(33(28)41)20-10-6-18(35)7-11-20/h2-13,22-23,25-29H,14-15H2,1H3,(H,36,39)(H,37,42)/t22-,23-,25-,26?,27?,28?,29?/m1/s1. The van der Waals surface area contributed by atoms with Crippen molar-refractivity contribution in [1.29, 1.82) is 0 Å². The number of nitrogens with one attached hydrogen (secondary N) is 2. The number of fused-ring (bicyclic) bond motifs is 9. The summed E-state index contributed by atoms with van der Waals surface area (Å²) in [5, 5.41) is 3.83. The number of H-pyrrole nitrogens is 1. The van der Waals surface area contributed by atoms with Crippen LogP contribution in [-0.4, -0.2) is 34.6 Å². The zero-order valence-corrected chi connectivity index (χ0v) is 27.3. The van der Waals surface area contributed by atoms with Crippen LogP contribution in [-0.2, 0) is 14.4 Å². The second kappa shape index (κ2) is 11.0. The highest BCUT2D eigenvalue weighted by molar-refractivity contribution is 9.10. The maximum absolute atomic E-state index is 13.9. The molecular weight excluding hydrogens is 674 g/mol. The highest BCUT2D eigenvalue weighted by atomic mass is 79.9. The summed E-state index contributed by atoms with van der Waals surface area (Å²) in [6, 6.07) is 22.6. The fourth-order valence-corrected chi connectivity index (χ4v) is 11.1. The smallest absolute Gasteiger partial charge is 0.305 e. The van der Waals surface area contributed by atoms with E-state index in [1.165, 1.54) is 16.2 Å². The van der Waals surface area contributed by atoms with Gasteiger partial charge in [0.1, 0.15) is 5.75 Å². The van der Waals surface area contributed by atoms with Gasteiger partial charge in [0.15, 0.2) is 6.61 Å². The molecule has 4 aromatic rings. The quantitative estimate of drug-likeness (QED) is 0.232. The van der Waals surface area contributed by atoms with Gasteiger partial charge in [0.2, 0.25) is 11.8 Å². The molecule has 2 bridgehead atoms. The fourth-order valence-electron chi connectivity index (χ4n) is 7.99. The van der Waals surface area contributed by atoms with Crippen LogP contribution in [0, 0.1) is 36.5 Å². The summed E-state index contributed by atoms with van der Waals surface area (Å²) in [5.41, 5.74) is 3.47. The van der Waals surface area contributed by atoms with E-state index in [4.69, 9.17) is 4.74 Å². The number of aromatic nitrogens is 1. The number of anilines is 2. The van der Waals surface area contributed by atoms with Crippen molar-refractivity contribution in [3.05, 3.63) is 103 Å². The Morgan fingerprint density at radius 1 is 0.956 bits per heavy atom. The first-order chi connectivity index (χ1) is 21.8. The van der Waals surface area contributed by atoms with E-state index in [-0.39, 0.29) is 70.0 Å². The average Bonchev–Trinajstić information content (AvgIpc) is 3.77. The van der Waals surface area contributed by atoms with Crippen molar-refractivity contribution in [2.75, 3.05) is 16.8 Å². The number of amides is 3. The zero-order chi connectivity index (χ0) is 31.0. The number of thioether (sulfide) groups is 1. The lowest BCUT2D eigenvalue weighted by atomic mass is 9.68. The summed E-state index contributed by atoms with van der Waals surface area (Å²) >= 11 is 6.35. The number of rotatable bonds is 6. The van der Waals surface area contributed by atoms with Crippen molar-refractivity contribution in [2.45, 2.75) is 29.5 Å².